The Kier molecular flexibility index (Phi) is 5.46. The van der Waals surface area contributed by atoms with Crippen LogP contribution in [0.4, 0.5) is 4.39 Å². The van der Waals surface area contributed by atoms with Crippen molar-refractivity contribution in [2.75, 3.05) is 19.7 Å². The Labute approximate surface area is 166 Å². The number of carbonyl (C=O) groups is 1. The van der Waals surface area contributed by atoms with Gasteiger partial charge in [-0.2, -0.15) is 4.98 Å². The van der Waals surface area contributed by atoms with E-state index in [0.29, 0.717) is 49.3 Å². The fourth-order valence-electron chi connectivity index (χ4n) is 3.14. The number of aromatic nitrogens is 4. The summed E-state index contributed by atoms with van der Waals surface area (Å²) in [5, 5.41) is 3.99. The molecule has 1 aliphatic heterocycles. The summed E-state index contributed by atoms with van der Waals surface area (Å²) >= 11 is 0. The fourth-order valence-corrected chi connectivity index (χ4v) is 3.14. The molecule has 29 heavy (non-hydrogen) atoms. The quantitative estimate of drug-likeness (QED) is 0.631. The molecule has 3 aromatic rings. The number of ether oxygens (including phenoxy) is 1. The number of hydrogen-bond acceptors (Lipinski definition) is 7. The number of benzene rings is 1. The minimum atomic E-state index is -0.307. The Bertz CT molecular complexity index is 975. The molecule has 2 aromatic heterocycles. The molecule has 0 spiro atoms. The van der Waals surface area contributed by atoms with E-state index in [-0.39, 0.29) is 17.6 Å². The average Bonchev–Trinajstić information content (AvgIpc) is 3.39. The molecule has 0 radical (unpaired) electrons. The maximum atomic E-state index is 12.9. The molecule has 0 saturated carbocycles. The van der Waals surface area contributed by atoms with Gasteiger partial charge in [0, 0.05) is 25.7 Å². The Balaban J connectivity index is 1.30. The van der Waals surface area contributed by atoms with Gasteiger partial charge in [0.2, 0.25) is 5.89 Å². The highest BCUT2D eigenvalue weighted by Gasteiger charge is 2.32. The van der Waals surface area contributed by atoms with Crippen molar-refractivity contribution in [2.24, 2.45) is 0 Å². The topological polar surface area (TPSA) is 94.2 Å². The van der Waals surface area contributed by atoms with Gasteiger partial charge in [0.1, 0.15) is 17.3 Å². The minimum absolute atomic E-state index is 0.00313. The van der Waals surface area contributed by atoms with Crippen molar-refractivity contribution < 1.29 is 18.4 Å². The maximum Gasteiger partial charge on any atom is 0.274 e. The lowest BCUT2D eigenvalue weighted by Gasteiger charge is -2.14. The highest BCUT2D eigenvalue weighted by molar-refractivity contribution is 5.92. The van der Waals surface area contributed by atoms with Gasteiger partial charge in [-0.15, -0.1) is 0 Å². The van der Waals surface area contributed by atoms with E-state index in [9.17, 15) is 9.18 Å². The molecule has 1 amide bonds. The van der Waals surface area contributed by atoms with Crippen LogP contribution in [0.2, 0.25) is 0 Å². The van der Waals surface area contributed by atoms with Crippen molar-refractivity contribution >= 4 is 5.91 Å². The Morgan fingerprint density at radius 2 is 2.10 bits per heavy atom. The van der Waals surface area contributed by atoms with Gasteiger partial charge in [0.05, 0.1) is 24.4 Å². The molecule has 1 aromatic carbocycles. The summed E-state index contributed by atoms with van der Waals surface area (Å²) in [7, 11) is 0. The van der Waals surface area contributed by atoms with E-state index in [2.05, 4.69) is 20.1 Å². The van der Waals surface area contributed by atoms with Gasteiger partial charge >= 0.3 is 0 Å². The largest absolute Gasteiger partial charge is 0.493 e. The first-order chi connectivity index (χ1) is 14.1. The molecule has 4 rings (SSSR count). The number of likely N-dealkylation sites (tertiary alicyclic amines) is 1. The third-order valence-corrected chi connectivity index (χ3v) is 4.72. The number of aryl methyl sites for hydroxylation is 1. The van der Waals surface area contributed by atoms with E-state index in [1.54, 1.807) is 23.2 Å². The zero-order valence-corrected chi connectivity index (χ0v) is 15.9. The summed E-state index contributed by atoms with van der Waals surface area (Å²) in [4.78, 5) is 27.0. The molecular weight excluding hydrogens is 377 g/mol. The van der Waals surface area contributed by atoms with Crippen LogP contribution in [0.1, 0.15) is 40.2 Å². The summed E-state index contributed by atoms with van der Waals surface area (Å²) in [5.74, 6) is 1.19. The molecule has 0 N–H and O–H groups in total. The van der Waals surface area contributed by atoms with E-state index < -0.39 is 0 Å². The fraction of sp³-hybridized carbons (Fsp3) is 0.350. The van der Waals surface area contributed by atoms with Crippen LogP contribution in [0.3, 0.4) is 0 Å². The lowest BCUT2D eigenvalue weighted by molar-refractivity contribution is 0.0783. The highest BCUT2D eigenvalue weighted by atomic mass is 19.1. The summed E-state index contributed by atoms with van der Waals surface area (Å²) in [5.41, 5.74) is 1.10. The third-order valence-electron chi connectivity index (χ3n) is 4.72. The number of halogens is 1. The summed E-state index contributed by atoms with van der Waals surface area (Å²) in [6.07, 6.45) is 4.30. The highest BCUT2D eigenvalue weighted by Crippen LogP contribution is 2.27. The molecule has 9 heteroatoms. The average molecular weight is 397 g/mol. The van der Waals surface area contributed by atoms with E-state index in [1.807, 2.05) is 6.92 Å². The van der Waals surface area contributed by atoms with Gasteiger partial charge < -0.3 is 14.2 Å². The summed E-state index contributed by atoms with van der Waals surface area (Å²) in [6.45, 7) is 3.28. The van der Waals surface area contributed by atoms with Crippen LogP contribution in [0.5, 0.6) is 5.75 Å². The van der Waals surface area contributed by atoms with Crippen LogP contribution in [-0.4, -0.2) is 50.6 Å². The smallest absolute Gasteiger partial charge is 0.274 e. The number of amides is 1. The van der Waals surface area contributed by atoms with Gasteiger partial charge in [-0.3, -0.25) is 9.78 Å². The second-order valence-corrected chi connectivity index (χ2v) is 6.88. The molecule has 1 saturated heterocycles. The SMILES string of the molecule is Cc1cnc(C(=O)N2CCC(c3nc(CCOc4ccc(F)cc4)no3)C2)cn1. The summed E-state index contributed by atoms with van der Waals surface area (Å²) in [6, 6.07) is 5.83. The number of hydrogen-bond donors (Lipinski definition) is 0. The van der Waals surface area contributed by atoms with E-state index >= 15 is 0 Å². The first-order valence-electron chi connectivity index (χ1n) is 9.37. The third kappa shape index (κ3) is 4.56. The molecule has 150 valence electrons. The molecule has 1 aliphatic rings. The van der Waals surface area contributed by atoms with Gasteiger partial charge in [0.15, 0.2) is 5.82 Å². The van der Waals surface area contributed by atoms with Crippen molar-refractivity contribution in [3.8, 4) is 5.75 Å². The van der Waals surface area contributed by atoms with Crippen LogP contribution in [-0.2, 0) is 6.42 Å². The molecular formula is C20H20FN5O3. The normalized spacial score (nSPS) is 16.2. The van der Waals surface area contributed by atoms with Gasteiger partial charge in [-0.05, 0) is 37.6 Å². The van der Waals surface area contributed by atoms with Crippen LogP contribution in [0, 0.1) is 12.7 Å². The number of carbonyl (C=O) groups excluding carboxylic acids is 1. The van der Waals surface area contributed by atoms with Crippen LogP contribution >= 0.6 is 0 Å². The van der Waals surface area contributed by atoms with Crippen LogP contribution < -0.4 is 4.74 Å². The minimum Gasteiger partial charge on any atom is -0.493 e. The van der Waals surface area contributed by atoms with Crippen LogP contribution in [0.15, 0.2) is 41.2 Å². The monoisotopic (exact) mass is 397 g/mol. The second kappa shape index (κ2) is 8.34. The zero-order valence-electron chi connectivity index (χ0n) is 15.9. The lowest BCUT2D eigenvalue weighted by atomic mass is 10.1. The molecule has 1 atom stereocenters. The molecule has 3 heterocycles. The maximum absolute atomic E-state index is 12.9. The molecule has 1 unspecified atom stereocenters. The van der Waals surface area contributed by atoms with Gasteiger partial charge in [-0.1, -0.05) is 5.16 Å². The number of rotatable bonds is 6. The van der Waals surface area contributed by atoms with Gasteiger partial charge in [0.25, 0.3) is 5.91 Å². The lowest BCUT2D eigenvalue weighted by Crippen LogP contribution is -2.29. The predicted octanol–water partition coefficient (Wildman–Crippen LogP) is 2.56. The number of nitrogens with zero attached hydrogens (tertiary/aromatic N) is 5. The first-order valence-corrected chi connectivity index (χ1v) is 9.37. The van der Waals surface area contributed by atoms with Crippen molar-refractivity contribution in [1.29, 1.82) is 0 Å². The standard InChI is InChI=1S/C20H20FN5O3/c1-13-10-23-17(11-22-13)20(27)26-8-6-14(12-26)19-24-18(25-29-19)7-9-28-16-4-2-15(21)3-5-16/h2-5,10-11,14H,6-9,12H2,1H3. The second-order valence-electron chi connectivity index (χ2n) is 6.88. The van der Waals surface area contributed by atoms with Crippen molar-refractivity contribution in [3.05, 3.63) is 65.6 Å². The predicted molar refractivity (Wildman–Crippen MR) is 99.9 cm³/mol. The van der Waals surface area contributed by atoms with Crippen molar-refractivity contribution in [3.63, 3.8) is 0 Å². The van der Waals surface area contributed by atoms with E-state index in [0.717, 1.165) is 12.1 Å². The molecule has 1 fully saturated rings. The van der Waals surface area contributed by atoms with E-state index in [4.69, 9.17) is 9.26 Å². The molecule has 0 bridgehead atoms. The Hall–Kier alpha value is -3.36. The Morgan fingerprint density at radius 1 is 1.28 bits per heavy atom. The van der Waals surface area contributed by atoms with Crippen molar-refractivity contribution in [2.45, 2.75) is 25.7 Å². The van der Waals surface area contributed by atoms with E-state index in [1.165, 1.54) is 18.3 Å². The molecule has 0 aliphatic carbocycles. The zero-order chi connectivity index (χ0) is 20.2. The first kappa shape index (κ1) is 19.0. The van der Waals surface area contributed by atoms with Crippen molar-refractivity contribution in [1.82, 2.24) is 25.0 Å². The molecule has 8 nitrogen and oxygen atoms in total. The van der Waals surface area contributed by atoms with Gasteiger partial charge in [-0.25, -0.2) is 9.37 Å². The Morgan fingerprint density at radius 3 is 2.86 bits per heavy atom. The summed E-state index contributed by atoms with van der Waals surface area (Å²) < 4.78 is 23.8. The van der Waals surface area contributed by atoms with Crippen LogP contribution in [0.25, 0.3) is 0 Å².